The summed E-state index contributed by atoms with van der Waals surface area (Å²) in [4.78, 5) is 19.8. The lowest BCUT2D eigenvalue weighted by Crippen LogP contribution is -2.50. The summed E-state index contributed by atoms with van der Waals surface area (Å²) in [7, 11) is -2.89. The minimum Gasteiger partial charge on any atom is -0.368 e. The Morgan fingerprint density at radius 3 is 2.59 bits per heavy atom. The molecule has 2 aromatic rings. The summed E-state index contributed by atoms with van der Waals surface area (Å²) in [5, 5.41) is 12.1. The Morgan fingerprint density at radius 2 is 1.96 bits per heavy atom. The van der Waals surface area contributed by atoms with Gasteiger partial charge >= 0.3 is 0 Å². The van der Waals surface area contributed by atoms with Crippen molar-refractivity contribution in [1.29, 1.82) is 0 Å². The van der Waals surface area contributed by atoms with Gasteiger partial charge in [-0.1, -0.05) is 12.1 Å². The number of nitro groups is 1. The number of aromatic nitrogens is 1. The highest BCUT2D eigenvalue weighted by Crippen LogP contribution is 2.33. The van der Waals surface area contributed by atoms with Gasteiger partial charge in [-0.2, -0.15) is 0 Å². The van der Waals surface area contributed by atoms with Crippen molar-refractivity contribution in [2.75, 3.05) is 42.6 Å². The SMILES string of the molecule is Cc1cc(N2CCN(C3CCS(=O)(=O)C3)CC2)c2cccc([N+](=O)[O-])c2n1. The van der Waals surface area contributed by atoms with Crippen LogP contribution in [0.2, 0.25) is 0 Å². The van der Waals surface area contributed by atoms with E-state index < -0.39 is 14.8 Å². The summed E-state index contributed by atoms with van der Waals surface area (Å²) >= 11 is 0. The van der Waals surface area contributed by atoms with E-state index in [9.17, 15) is 18.5 Å². The van der Waals surface area contributed by atoms with Gasteiger partial charge < -0.3 is 4.90 Å². The number of non-ortho nitro benzene ring substituents is 1. The van der Waals surface area contributed by atoms with Crippen LogP contribution in [0.1, 0.15) is 12.1 Å². The molecule has 0 aliphatic carbocycles. The molecule has 0 N–H and O–H groups in total. The second kappa shape index (κ2) is 6.72. The Morgan fingerprint density at radius 1 is 1.22 bits per heavy atom. The lowest BCUT2D eigenvalue weighted by molar-refractivity contribution is -0.383. The van der Waals surface area contributed by atoms with Crippen molar-refractivity contribution < 1.29 is 13.3 Å². The Bertz CT molecular complexity index is 1000. The van der Waals surface area contributed by atoms with E-state index in [-0.39, 0.29) is 23.2 Å². The van der Waals surface area contributed by atoms with Gasteiger partial charge in [0.2, 0.25) is 0 Å². The summed E-state index contributed by atoms with van der Waals surface area (Å²) in [6, 6.07) is 7.15. The molecule has 27 heavy (non-hydrogen) atoms. The van der Waals surface area contributed by atoms with E-state index in [0.29, 0.717) is 11.9 Å². The first kappa shape index (κ1) is 18.1. The second-order valence-electron chi connectivity index (χ2n) is 7.29. The maximum absolute atomic E-state index is 11.7. The second-order valence-corrected chi connectivity index (χ2v) is 9.52. The third-order valence-corrected chi connectivity index (χ3v) is 7.25. The van der Waals surface area contributed by atoms with Gasteiger partial charge in [0.25, 0.3) is 5.69 Å². The summed E-state index contributed by atoms with van der Waals surface area (Å²) in [5.74, 6) is 0.548. The Labute approximate surface area is 157 Å². The molecular formula is C18H22N4O4S. The number of hydrogen-bond acceptors (Lipinski definition) is 7. The van der Waals surface area contributed by atoms with Gasteiger partial charge in [-0.15, -0.1) is 0 Å². The van der Waals surface area contributed by atoms with Crippen LogP contribution in [-0.2, 0) is 9.84 Å². The zero-order chi connectivity index (χ0) is 19.2. The van der Waals surface area contributed by atoms with E-state index in [1.807, 2.05) is 19.1 Å². The molecule has 0 spiro atoms. The molecule has 0 amide bonds. The van der Waals surface area contributed by atoms with Gasteiger partial charge in [0.15, 0.2) is 15.4 Å². The molecule has 1 aromatic heterocycles. The van der Waals surface area contributed by atoms with E-state index >= 15 is 0 Å². The van der Waals surface area contributed by atoms with E-state index in [4.69, 9.17) is 0 Å². The van der Waals surface area contributed by atoms with Gasteiger partial charge in [-0.05, 0) is 19.4 Å². The minimum absolute atomic E-state index is 0.0206. The first-order valence-electron chi connectivity index (χ1n) is 9.08. The molecule has 4 rings (SSSR count). The first-order chi connectivity index (χ1) is 12.8. The average Bonchev–Trinajstić information content (AvgIpc) is 3.00. The van der Waals surface area contributed by atoms with Crippen molar-refractivity contribution in [1.82, 2.24) is 9.88 Å². The number of anilines is 1. The maximum atomic E-state index is 11.7. The quantitative estimate of drug-likeness (QED) is 0.582. The molecule has 2 saturated heterocycles. The van der Waals surface area contributed by atoms with Crippen molar-refractivity contribution in [3.05, 3.63) is 40.1 Å². The van der Waals surface area contributed by atoms with Gasteiger partial charge in [0, 0.05) is 55.1 Å². The van der Waals surface area contributed by atoms with Gasteiger partial charge in [-0.25, -0.2) is 13.4 Å². The summed E-state index contributed by atoms with van der Waals surface area (Å²) < 4.78 is 23.5. The van der Waals surface area contributed by atoms with Crippen LogP contribution in [0.25, 0.3) is 10.9 Å². The fourth-order valence-corrected chi connectivity index (χ4v) is 5.90. The zero-order valence-corrected chi connectivity index (χ0v) is 16.0. The van der Waals surface area contributed by atoms with Crippen molar-refractivity contribution in [2.24, 2.45) is 0 Å². The number of benzene rings is 1. The largest absolute Gasteiger partial charge is 0.368 e. The summed E-state index contributed by atoms with van der Waals surface area (Å²) in [6.07, 6.45) is 0.714. The molecule has 2 fully saturated rings. The van der Waals surface area contributed by atoms with Crippen LogP contribution in [0.5, 0.6) is 0 Å². The molecule has 0 bridgehead atoms. The Kier molecular flexibility index (Phi) is 4.51. The van der Waals surface area contributed by atoms with Crippen LogP contribution in [0.4, 0.5) is 11.4 Å². The Balaban J connectivity index is 1.59. The van der Waals surface area contributed by atoms with Gasteiger partial charge in [0.05, 0.1) is 16.4 Å². The topological polar surface area (TPSA) is 96.7 Å². The van der Waals surface area contributed by atoms with Crippen molar-refractivity contribution in [2.45, 2.75) is 19.4 Å². The van der Waals surface area contributed by atoms with E-state index in [0.717, 1.165) is 42.9 Å². The summed E-state index contributed by atoms with van der Waals surface area (Å²) in [5.41, 5.74) is 2.14. The predicted molar refractivity (Wildman–Crippen MR) is 104 cm³/mol. The number of nitro benzene ring substituents is 1. The van der Waals surface area contributed by atoms with E-state index in [2.05, 4.69) is 14.8 Å². The number of hydrogen-bond donors (Lipinski definition) is 0. The fraction of sp³-hybridized carbons (Fsp3) is 0.500. The summed E-state index contributed by atoms with van der Waals surface area (Å²) in [6.45, 7) is 4.95. The van der Waals surface area contributed by atoms with Crippen LogP contribution in [0, 0.1) is 17.0 Å². The molecule has 0 saturated carbocycles. The highest BCUT2D eigenvalue weighted by molar-refractivity contribution is 7.91. The number of para-hydroxylation sites is 1. The number of rotatable bonds is 3. The highest BCUT2D eigenvalue weighted by atomic mass is 32.2. The molecule has 2 aliphatic heterocycles. The molecule has 1 aromatic carbocycles. The third kappa shape index (κ3) is 3.49. The first-order valence-corrected chi connectivity index (χ1v) is 10.9. The molecule has 1 unspecified atom stereocenters. The van der Waals surface area contributed by atoms with Crippen molar-refractivity contribution in [3.63, 3.8) is 0 Å². The molecule has 8 nitrogen and oxygen atoms in total. The molecular weight excluding hydrogens is 368 g/mol. The molecule has 2 aliphatic rings. The third-order valence-electron chi connectivity index (χ3n) is 5.50. The molecule has 3 heterocycles. The van der Waals surface area contributed by atoms with Crippen LogP contribution < -0.4 is 4.90 Å². The number of sulfone groups is 1. The van der Waals surface area contributed by atoms with Crippen molar-refractivity contribution in [3.8, 4) is 0 Å². The minimum atomic E-state index is -2.89. The standard InChI is InChI=1S/C18H22N4O4S/c1-13-11-17(15-3-2-4-16(22(23)24)18(15)19-13)21-8-6-20(7-9-21)14-5-10-27(25,26)12-14/h2-4,11,14H,5-10,12H2,1H3. The smallest absolute Gasteiger partial charge is 0.295 e. The predicted octanol–water partition coefficient (Wildman–Crippen LogP) is 1.76. The van der Waals surface area contributed by atoms with Crippen LogP contribution >= 0.6 is 0 Å². The number of nitrogens with zero attached hydrogens (tertiary/aromatic N) is 4. The lowest BCUT2D eigenvalue weighted by atomic mass is 10.1. The van der Waals surface area contributed by atoms with Gasteiger partial charge in [0.1, 0.15) is 0 Å². The molecule has 0 radical (unpaired) electrons. The Hall–Kier alpha value is -2.26. The highest BCUT2D eigenvalue weighted by Gasteiger charge is 2.34. The van der Waals surface area contributed by atoms with Crippen LogP contribution in [-0.4, -0.2) is 67.0 Å². The number of fused-ring (bicyclic) bond motifs is 1. The molecule has 144 valence electrons. The van der Waals surface area contributed by atoms with Gasteiger partial charge in [-0.3, -0.25) is 15.0 Å². The number of pyridine rings is 1. The van der Waals surface area contributed by atoms with Crippen LogP contribution in [0.15, 0.2) is 24.3 Å². The monoisotopic (exact) mass is 390 g/mol. The zero-order valence-electron chi connectivity index (χ0n) is 15.2. The van der Waals surface area contributed by atoms with E-state index in [1.54, 1.807) is 6.07 Å². The normalized spacial score (nSPS) is 23.0. The molecule has 9 heteroatoms. The lowest BCUT2D eigenvalue weighted by Gasteiger charge is -2.39. The molecule has 1 atom stereocenters. The fourth-order valence-electron chi connectivity index (χ4n) is 4.14. The average molecular weight is 390 g/mol. The van der Waals surface area contributed by atoms with E-state index in [1.165, 1.54) is 6.07 Å². The van der Waals surface area contributed by atoms with Crippen molar-refractivity contribution >= 4 is 32.1 Å². The maximum Gasteiger partial charge on any atom is 0.295 e. The van der Waals surface area contributed by atoms with Crippen LogP contribution in [0.3, 0.4) is 0 Å². The number of aryl methyl sites for hydroxylation is 1. The number of piperazine rings is 1.